The second-order valence-corrected chi connectivity index (χ2v) is 7.97. The van der Waals surface area contributed by atoms with Crippen LogP contribution in [0.5, 0.6) is 11.5 Å². The zero-order valence-electron chi connectivity index (χ0n) is 18.8. The Morgan fingerprint density at radius 2 is 1.78 bits per heavy atom. The van der Waals surface area contributed by atoms with Crippen LogP contribution in [0.15, 0.2) is 99.4 Å². The lowest BCUT2D eigenvalue weighted by Gasteiger charge is -2.02. The van der Waals surface area contributed by atoms with Gasteiger partial charge in [0, 0.05) is 22.7 Å². The van der Waals surface area contributed by atoms with Crippen LogP contribution in [0.3, 0.4) is 0 Å². The summed E-state index contributed by atoms with van der Waals surface area (Å²) in [4.78, 5) is 25.4. The molecule has 9 heteroatoms. The van der Waals surface area contributed by atoms with Crippen LogP contribution < -0.4 is 20.5 Å². The van der Waals surface area contributed by atoms with Crippen molar-refractivity contribution >= 4 is 23.1 Å². The average Bonchev–Trinajstić information content (AvgIpc) is 3.55. The maximum Gasteiger partial charge on any atom is 0.345 e. The number of ether oxygens (including phenoxy) is 2. The van der Waals surface area contributed by atoms with E-state index in [1.54, 1.807) is 47.3 Å². The van der Waals surface area contributed by atoms with Crippen molar-refractivity contribution in [1.82, 2.24) is 15.2 Å². The highest BCUT2D eigenvalue weighted by Gasteiger charge is 2.18. The van der Waals surface area contributed by atoms with Gasteiger partial charge in [0.2, 0.25) is 6.79 Å². The van der Waals surface area contributed by atoms with Gasteiger partial charge >= 0.3 is 5.63 Å². The molecule has 3 heterocycles. The Bertz CT molecular complexity index is 1690. The number of carbonyl (C=O) groups is 1. The molecule has 0 saturated heterocycles. The van der Waals surface area contributed by atoms with Crippen LogP contribution in [0, 0.1) is 0 Å². The zero-order chi connectivity index (χ0) is 24.5. The Labute approximate surface area is 204 Å². The van der Waals surface area contributed by atoms with Crippen LogP contribution in [-0.4, -0.2) is 28.7 Å². The number of fused-ring (bicyclic) bond motifs is 2. The van der Waals surface area contributed by atoms with E-state index in [-0.39, 0.29) is 12.4 Å². The minimum atomic E-state index is -0.522. The smallest absolute Gasteiger partial charge is 0.345 e. The summed E-state index contributed by atoms with van der Waals surface area (Å²) in [6, 6.07) is 23.3. The summed E-state index contributed by atoms with van der Waals surface area (Å²) >= 11 is 0. The highest BCUT2D eigenvalue weighted by molar-refractivity contribution is 5.96. The normalized spacial score (nSPS) is 12.3. The molecule has 0 atom stereocenters. The number of hydrazone groups is 1. The third-order valence-corrected chi connectivity index (χ3v) is 5.66. The first-order chi connectivity index (χ1) is 17.7. The van der Waals surface area contributed by atoms with Gasteiger partial charge < -0.3 is 13.9 Å². The minimum Gasteiger partial charge on any atom is -0.454 e. The second-order valence-electron chi connectivity index (χ2n) is 7.97. The summed E-state index contributed by atoms with van der Waals surface area (Å²) in [5.41, 5.74) is 4.82. The molecule has 0 bridgehead atoms. The van der Waals surface area contributed by atoms with Crippen LogP contribution in [0.2, 0.25) is 0 Å². The first-order valence-corrected chi connectivity index (χ1v) is 11.1. The first-order valence-electron chi connectivity index (χ1n) is 11.1. The molecule has 176 valence electrons. The lowest BCUT2D eigenvalue weighted by Crippen LogP contribution is -2.17. The van der Waals surface area contributed by atoms with E-state index in [4.69, 9.17) is 13.9 Å². The van der Waals surface area contributed by atoms with Gasteiger partial charge in [-0.15, -0.1) is 0 Å². The number of nitrogens with zero attached hydrogens (tertiary/aromatic N) is 3. The van der Waals surface area contributed by atoms with Crippen molar-refractivity contribution < 1.29 is 18.7 Å². The van der Waals surface area contributed by atoms with Crippen LogP contribution >= 0.6 is 0 Å². The molecule has 1 amide bonds. The van der Waals surface area contributed by atoms with Crippen LogP contribution in [-0.2, 0) is 0 Å². The summed E-state index contributed by atoms with van der Waals surface area (Å²) in [6.07, 6.45) is 3.18. The predicted octanol–water partition coefficient (Wildman–Crippen LogP) is 4.14. The molecule has 1 N–H and O–H groups in total. The standard InChI is InChI=1S/C27H18N4O5/c32-26(18-10-11-23-24(13-18)35-16-34-23)29-28-14-19-15-31(20-7-2-1-3-8-20)30-25(19)21-12-17-6-4-5-9-22(17)36-27(21)33/h1-15H,16H2,(H,29,32). The number of benzene rings is 3. The van der Waals surface area contributed by atoms with Gasteiger partial charge in [-0.25, -0.2) is 14.9 Å². The van der Waals surface area contributed by atoms with Crippen molar-refractivity contribution in [1.29, 1.82) is 0 Å². The summed E-state index contributed by atoms with van der Waals surface area (Å²) in [6.45, 7) is 0.121. The first kappa shape index (κ1) is 21.4. The van der Waals surface area contributed by atoms with E-state index >= 15 is 0 Å². The summed E-state index contributed by atoms with van der Waals surface area (Å²) in [5.74, 6) is 0.662. The largest absolute Gasteiger partial charge is 0.454 e. The van der Waals surface area contributed by atoms with Gasteiger partial charge in [0.15, 0.2) is 11.5 Å². The lowest BCUT2D eigenvalue weighted by atomic mass is 10.1. The molecule has 0 saturated carbocycles. The quantitative estimate of drug-likeness (QED) is 0.231. The van der Waals surface area contributed by atoms with E-state index in [1.807, 2.05) is 42.5 Å². The fourth-order valence-electron chi connectivity index (χ4n) is 3.89. The van der Waals surface area contributed by atoms with E-state index in [0.29, 0.717) is 33.9 Å². The number of amides is 1. The summed E-state index contributed by atoms with van der Waals surface area (Å²) in [5, 5.41) is 9.51. The zero-order valence-corrected chi connectivity index (χ0v) is 18.8. The fourth-order valence-corrected chi connectivity index (χ4v) is 3.89. The highest BCUT2D eigenvalue weighted by Crippen LogP contribution is 2.32. The Morgan fingerprint density at radius 3 is 2.67 bits per heavy atom. The molecule has 0 radical (unpaired) electrons. The van der Waals surface area contributed by atoms with Gasteiger partial charge in [-0.1, -0.05) is 36.4 Å². The van der Waals surface area contributed by atoms with Gasteiger partial charge in [-0.2, -0.15) is 10.2 Å². The second kappa shape index (κ2) is 8.88. The Hall–Kier alpha value is -5.18. The SMILES string of the molecule is O=C(NN=Cc1cn(-c2ccccc2)nc1-c1cc2ccccc2oc1=O)c1ccc2c(c1)OCO2. The number of hydrogen-bond acceptors (Lipinski definition) is 7. The number of carbonyl (C=O) groups excluding carboxylic acids is 1. The van der Waals surface area contributed by atoms with Crippen molar-refractivity contribution in [2.24, 2.45) is 5.10 Å². The van der Waals surface area contributed by atoms with E-state index in [9.17, 15) is 9.59 Å². The van der Waals surface area contributed by atoms with Crippen LogP contribution in [0.25, 0.3) is 27.9 Å². The van der Waals surface area contributed by atoms with E-state index in [2.05, 4.69) is 15.6 Å². The number of nitrogens with one attached hydrogen (secondary N) is 1. The third kappa shape index (κ3) is 3.98. The molecule has 3 aromatic carbocycles. The third-order valence-electron chi connectivity index (χ3n) is 5.66. The molecule has 36 heavy (non-hydrogen) atoms. The summed E-state index contributed by atoms with van der Waals surface area (Å²) < 4.78 is 17.8. The maximum absolute atomic E-state index is 12.8. The molecule has 5 aromatic rings. The van der Waals surface area contributed by atoms with E-state index in [0.717, 1.165) is 11.1 Å². The summed E-state index contributed by atoms with van der Waals surface area (Å²) in [7, 11) is 0. The Kier molecular flexibility index (Phi) is 5.27. The van der Waals surface area contributed by atoms with Crippen LogP contribution in [0.1, 0.15) is 15.9 Å². The Balaban J connectivity index is 1.35. The topological polar surface area (TPSA) is 108 Å². The monoisotopic (exact) mass is 478 g/mol. The fraction of sp³-hybridized carbons (Fsp3) is 0.0370. The Morgan fingerprint density at radius 1 is 0.972 bits per heavy atom. The molecule has 6 rings (SSSR count). The van der Waals surface area contributed by atoms with E-state index in [1.165, 1.54) is 6.21 Å². The van der Waals surface area contributed by atoms with Crippen molar-refractivity contribution in [2.75, 3.05) is 6.79 Å². The lowest BCUT2D eigenvalue weighted by molar-refractivity contribution is 0.0954. The molecule has 1 aliphatic heterocycles. The minimum absolute atomic E-state index is 0.121. The van der Waals surface area contributed by atoms with Gasteiger partial charge in [0.25, 0.3) is 5.91 Å². The number of rotatable bonds is 5. The van der Waals surface area contributed by atoms with Gasteiger partial charge in [0.1, 0.15) is 11.3 Å². The average molecular weight is 478 g/mol. The predicted molar refractivity (Wildman–Crippen MR) is 133 cm³/mol. The number of hydrogen-bond donors (Lipinski definition) is 1. The highest BCUT2D eigenvalue weighted by atomic mass is 16.7. The van der Waals surface area contributed by atoms with Crippen molar-refractivity contribution in [2.45, 2.75) is 0 Å². The van der Waals surface area contributed by atoms with E-state index < -0.39 is 11.5 Å². The van der Waals surface area contributed by atoms with Crippen LogP contribution in [0.4, 0.5) is 0 Å². The van der Waals surface area contributed by atoms with Crippen molar-refractivity contribution in [3.05, 3.63) is 107 Å². The van der Waals surface area contributed by atoms with Gasteiger partial charge in [-0.3, -0.25) is 4.79 Å². The molecule has 9 nitrogen and oxygen atoms in total. The maximum atomic E-state index is 12.8. The molecule has 0 fully saturated rings. The molecule has 2 aromatic heterocycles. The molecule has 0 unspecified atom stereocenters. The van der Waals surface area contributed by atoms with Gasteiger partial charge in [-0.05, 0) is 42.5 Å². The number of para-hydroxylation sites is 2. The van der Waals surface area contributed by atoms with Crippen molar-refractivity contribution in [3.8, 4) is 28.4 Å². The molecular formula is C27H18N4O5. The molecular weight excluding hydrogens is 460 g/mol. The molecule has 0 aliphatic carbocycles. The number of aromatic nitrogens is 2. The molecule has 1 aliphatic rings. The van der Waals surface area contributed by atoms with Gasteiger partial charge in [0.05, 0.1) is 17.5 Å². The van der Waals surface area contributed by atoms with Crippen molar-refractivity contribution in [3.63, 3.8) is 0 Å². The molecule has 0 spiro atoms.